The largest absolute Gasteiger partial charge is 0.504 e. The molecule has 1 aliphatic heterocycles. The molecular formula is C20H22Br2N2O3. The van der Waals surface area contributed by atoms with Crippen molar-refractivity contribution in [1.29, 1.82) is 0 Å². The molecule has 0 atom stereocenters. The first-order valence-corrected chi connectivity index (χ1v) is 10.4. The molecule has 3 rings (SSSR count). The summed E-state index contributed by atoms with van der Waals surface area (Å²) >= 11 is 6.97. The van der Waals surface area contributed by atoms with Crippen LogP contribution in [0.25, 0.3) is 0 Å². The molecule has 7 heteroatoms. The van der Waals surface area contributed by atoms with Crippen LogP contribution in [0.5, 0.6) is 11.5 Å². The minimum Gasteiger partial charge on any atom is -0.504 e. The molecule has 27 heavy (non-hydrogen) atoms. The Kier molecular flexibility index (Phi) is 6.78. The van der Waals surface area contributed by atoms with E-state index in [0.717, 1.165) is 40.9 Å². The van der Waals surface area contributed by atoms with Crippen LogP contribution in [0.15, 0.2) is 38.2 Å². The highest BCUT2D eigenvalue weighted by atomic mass is 79.9. The fourth-order valence-electron chi connectivity index (χ4n) is 3.01. The molecule has 1 heterocycles. The smallest absolute Gasteiger partial charge is 0.167 e. The lowest BCUT2D eigenvalue weighted by Gasteiger charge is -2.30. The predicted octanol–water partition coefficient (Wildman–Crippen LogP) is 5.21. The Morgan fingerprint density at radius 2 is 2.00 bits per heavy atom. The highest BCUT2D eigenvalue weighted by molar-refractivity contribution is 9.13. The number of rotatable bonds is 5. The zero-order valence-corrected chi connectivity index (χ0v) is 18.5. The molecular weight excluding hydrogens is 476 g/mol. The fourth-order valence-corrected chi connectivity index (χ4v) is 3.84. The van der Waals surface area contributed by atoms with Gasteiger partial charge in [-0.1, -0.05) is 0 Å². The lowest BCUT2D eigenvalue weighted by Crippen LogP contribution is -2.36. The van der Waals surface area contributed by atoms with Crippen LogP contribution in [-0.2, 0) is 4.74 Å². The molecule has 1 N–H and O–H groups in total. The number of benzene rings is 2. The number of anilines is 1. The number of phenolic OH excluding ortho intramolecular Hbond substituents is 1. The van der Waals surface area contributed by atoms with Crippen LogP contribution in [-0.4, -0.2) is 44.2 Å². The molecule has 1 aliphatic rings. The molecule has 5 nitrogen and oxygen atoms in total. The van der Waals surface area contributed by atoms with Gasteiger partial charge >= 0.3 is 0 Å². The number of ether oxygens (including phenoxy) is 2. The van der Waals surface area contributed by atoms with Gasteiger partial charge in [-0.3, -0.25) is 4.99 Å². The van der Waals surface area contributed by atoms with Crippen molar-refractivity contribution in [3.05, 3.63) is 44.3 Å². The third-order valence-corrected chi connectivity index (χ3v) is 6.38. The number of hydrogen-bond acceptors (Lipinski definition) is 5. The lowest BCUT2D eigenvalue weighted by atomic mass is 10.1. The fraction of sp³-hybridized carbons (Fsp3) is 0.350. The maximum absolute atomic E-state index is 10.5. The summed E-state index contributed by atoms with van der Waals surface area (Å²) in [6.45, 7) is 7.77. The molecule has 0 saturated carbocycles. The molecule has 2 aromatic rings. The Morgan fingerprint density at radius 1 is 1.26 bits per heavy atom. The first kappa shape index (κ1) is 20.2. The Morgan fingerprint density at radius 3 is 2.67 bits per heavy atom. The second kappa shape index (κ2) is 9.08. The normalized spacial score (nSPS) is 14.7. The van der Waals surface area contributed by atoms with Gasteiger partial charge in [0, 0.05) is 33.9 Å². The molecule has 144 valence electrons. The van der Waals surface area contributed by atoms with Crippen molar-refractivity contribution in [3.8, 4) is 11.5 Å². The van der Waals surface area contributed by atoms with E-state index in [-0.39, 0.29) is 5.75 Å². The molecule has 2 aromatic carbocycles. The summed E-state index contributed by atoms with van der Waals surface area (Å²) < 4.78 is 12.4. The lowest BCUT2D eigenvalue weighted by molar-refractivity contribution is 0.122. The van der Waals surface area contributed by atoms with Crippen molar-refractivity contribution >= 4 is 49.4 Å². The summed E-state index contributed by atoms with van der Waals surface area (Å²) in [4.78, 5) is 6.88. The highest BCUT2D eigenvalue weighted by Crippen LogP contribution is 2.40. The second-order valence-electron chi connectivity index (χ2n) is 6.19. The zero-order chi connectivity index (χ0) is 19.4. The van der Waals surface area contributed by atoms with Crippen molar-refractivity contribution < 1.29 is 14.6 Å². The molecule has 0 radical (unpaired) electrons. The molecule has 0 spiro atoms. The van der Waals surface area contributed by atoms with Crippen LogP contribution in [0.2, 0.25) is 0 Å². The van der Waals surface area contributed by atoms with Crippen LogP contribution in [0, 0.1) is 6.92 Å². The van der Waals surface area contributed by atoms with Crippen LogP contribution in [0.1, 0.15) is 18.1 Å². The highest BCUT2D eigenvalue weighted by Gasteiger charge is 2.15. The van der Waals surface area contributed by atoms with Gasteiger partial charge in [0.1, 0.15) is 0 Å². The predicted molar refractivity (Wildman–Crippen MR) is 116 cm³/mol. The Balaban J connectivity index is 1.87. The maximum atomic E-state index is 10.5. The Bertz CT molecular complexity index is 850. The van der Waals surface area contributed by atoms with E-state index in [1.165, 1.54) is 11.3 Å². The number of nitrogens with zero attached hydrogens (tertiary/aromatic N) is 2. The zero-order valence-electron chi connectivity index (χ0n) is 15.3. The average Bonchev–Trinajstić information content (AvgIpc) is 2.67. The molecule has 0 bridgehead atoms. The van der Waals surface area contributed by atoms with Crippen LogP contribution >= 0.6 is 31.9 Å². The van der Waals surface area contributed by atoms with E-state index in [4.69, 9.17) is 9.47 Å². The number of aryl methyl sites for hydroxylation is 1. The van der Waals surface area contributed by atoms with Gasteiger partial charge in [0.2, 0.25) is 0 Å². The van der Waals surface area contributed by atoms with Gasteiger partial charge in [0.15, 0.2) is 11.5 Å². The first-order valence-electron chi connectivity index (χ1n) is 8.82. The van der Waals surface area contributed by atoms with Gasteiger partial charge in [-0.05, 0) is 75.5 Å². The summed E-state index contributed by atoms with van der Waals surface area (Å²) in [5.74, 6) is 0.491. The average molecular weight is 498 g/mol. The maximum Gasteiger partial charge on any atom is 0.167 e. The first-order chi connectivity index (χ1) is 13.0. The number of aliphatic imine (C=N–C) groups is 1. The standard InChI is InChI=1S/C20H22Br2N2O3/c1-3-27-18-11-16(21)19(22)15(20(18)25)12-23-14-4-5-17(13(2)10-14)24-6-8-26-9-7-24/h4-5,10-12,25H,3,6-9H2,1-2H3. The number of hydrogen-bond donors (Lipinski definition) is 1. The van der Waals surface area contributed by atoms with Crippen molar-refractivity contribution in [3.63, 3.8) is 0 Å². The monoisotopic (exact) mass is 496 g/mol. The van der Waals surface area contributed by atoms with Gasteiger partial charge < -0.3 is 19.5 Å². The van der Waals surface area contributed by atoms with Crippen molar-refractivity contribution in [2.24, 2.45) is 4.99 Å². The number of morpholine rings is 1. The molecule has 0 unspecified atom stereocenters. The van der Waals surface area contributed by atoms with Gasteiger partial charge in [0.25, 0.3) is 0 Å². The number of phenols is 1. The minimum absolute atomic E-state index is 0.0670. The van der Waals surface area contributed by atoms with Crippen molar-refractivity contribution in [2.45, 2.75) is 13.8 Å². The third kappa shape index (κ3) is 4.65. The van der Waals surface area contributed by atoms with E-state index in [1.807, 2.05) is 19.1 Å². The van der Waals surface area contributed by atoms with E-state index in [0.29, 0.717) is 17.9 Å². The summed E-state index contributed by atoms with van der Waals surface area (Å²) in [7, 11) is 0. The SMILES string of the molecule is CCOc1cc(Br)c(Br)c(C=Nc2ccc(N3CCOCC3)c(C)c2)c1O. The number of aromatic hydroxyl groups is 1. The van der Waals surface area contributed by atoms with Gasteiger partial charge in [-0.25, -0.2) is 0 Å². The summed E-state index contributed by atoms with van der Waals surface area (Å²) in [6, 6.07) is 7.87. The van der Waals surface area contributed by atoms with Crippen LogP contribution < -0.4 is 9.64 Å². The van der Waals surface area contributed by atoms with Crippen molar-refractivity contribution in [1.82, 2.24) is 0 Å². The number of halogens is 2. The summed E-state index contributed by atoms with van der Waals surface area (Å²) in [5.41, 5.74) is 3.78. The Hall–Kier alpha value is -1.57. The van der Waals surface area contributed by atoms with E-state index in [2.05, 4.69) is 54.7 Å². The topological polar surface area (TPSA) is 54.3 Å². The molecule has 1 saturated heterocycles. The summed E-state index contributed by atoms with van der Waals surface area (Å²) in [5, 5.41) is 10.5. The Labute approximate surface area is 176 Å². The van der Waals surface area contributed by atoms with Gasteiger partial charge in [-0.2, -0.15) is 0 Å². The third-order valence-electron chi connectivity index (χ3n) is 4.37. The second-order valence-corrected chi connectivity index (χ2v) is 7.84. The van der Waals surface area contributed by atoms with Crippen molar-refractivity contribution in [2.75, 3.05) is 37.8 Å². The van der Waals surface area contributed by atoms with E-state index in [1.54, 1.807) is 12.3 Å². The summed E-state index contributed by atoms with van der Waals surface area (Å²) in [6.07, 6.45) is 1.65. The molecule has 0 aromatic heterocycles. The van der Waals surface area contributed by atoms with Crippen LogP contribution in [0.4, 0.5) is 11.4 Å². The van der Waals surface area contributed by atoms with Gasteiger partial charge in [-0.15, -0.1) is 0 Å². The quantitative estimate of drug-likeness (QED) is 0.576. The van der Waals surface area contributed by atoms with Gasteiger partial charge in [0.05, 0.1) is 31.1 Å². The minimum atomic E-state index is 0.0670. The van der Waals surface area contributed by atoms with Crippen LogP contribution in [0.3, 0.4) is 0 Å². The molecule has 0 aliphatic carbocycles. The molecule has 1 fully saturated rings. The molecule has 0 amide bonds. The van der Waals surface area contributed by atoms with E-state index in [9.17, 15) is 5.11 Å². The van der Waals surface area contributed by atoms with E-state index < -0.39 is 0 Å². The van der Waals surface area contributed by atoms with E-state index >= 15 is 0 Å².